The Morgan fingerprint density at radius 3 is 2.80 bits per heavy atom. The van der Waals surface area contributed by atoms with Crippen LogP contribution in [0.15, 0.2) is 18.2 Å². The molecule has 2 N–H and O–H groups in total. The van der Waals surface area contributed by atoms with E-state index in [0.717, 1.165) is 6.42 Å². The van der Waals surface area contributed by atoms with Gasteiger partial charge < -0.3 is 19.9 Å². The normalized spacial score (nSPS) is 10.3. The van der Waals surface area contributed by atoms with Crippen molar-refractivity contribution in [3.63, 3.8) is 0 Å². The fourth-order valence-corrected chi connectivity index (χ4v) is 1.61. The number of non-ortho nitro benzene ring substituents is 1. The summed E-state index contributed by atoms with van der Waals surface area (Å²) < 4.78 is 10.4. The van der Waals surface area contributed by atoms with Crippen LogP contribution in [0.4, 0.5) is 11.4 Å². The quantitative estimate of drug-likeness (QED) is 0.386. The fraction of sp³-hybridized carbons (Fsp3) is 0.538. The van der Waals surface area contributed by atoms with Gasteiger partial charge in [-0.2, -0.15) is 0 Å². The summed E-state index contributed by atoms with van der Waals surface area (Å²) in [4.78, 5) is 10.4. The molecule has 0 radical (unpaired) electrons. The molecule has 0 saturated carbocycles. The minimum atomic E-state index is -0.446. The average Bonchev–Trinajstić information content (AvgIpc) is 2.43. The lowest BCUT2D eigenvalue weighted by Crippen LogP contribution is -2.08. The number of nitrogens with one attached hydrogen (secondary N) is 1. The van der Waals surface area contributed by atoms with E-state index >= 15 is 0 Å². The maximum absolute atomic E-state index is 10.8. The molecule has 0 aromatic heterocycles. The van der Waals surface area contributed by atoms with Crippen molar-refractivity contribution in [2.45, 2.75) is 13.3 Å². The second kappa shape index (κ2) is 9.11. The van der Waals surface area contributed by atoms with Crippen LogP contribution in [0.2, 0.25) is 0 Å². The summed E-state index contributed by atoms with van der Waals surface area (Å²) in [5, 5.41) is 22.5. The Kier molecular flexibility index (Phi) is 7.38. The summed E-state index contributed by atoms with van der Waals surface area (Å²) in [6.07, 6.45) is 0.743. The lowest BCUT2D eigenvalue weighted by molar-refractivity contribution is -0.384. The summed E-state index contributed by atoms with van der Waals surface area (Å²) in [5.74, 6) is 0.473. The summed E-state index contributed by atoms with van der Waals surface area (Å²) >= 11 is 0. The number of nitro benzene ring substituents is 1. The Balaban J connectivity index is 2.53. The number of benzene rings is 1. The zero-order valence-electron chi connectivity index (χ0n) is 11.5. The molecule has 0 atom stereocenters. The van der Waals surface area contributed by atoms with Gasteiger partial charge in [-0.05, 0) is 13.3 Å². The molecule has 0 saturated heterocycles. The van der Waals surface area contributed by atoms with Gasteiger partial charge in [0.2, 0.25) is 0 Å². The van der Waals surface area contributed by atoms with Gasteiger partial charge in [0.25, 0.3) is 5.69 Å². The van der Waals surface area contributed by atoms with E-state index < -0.39 is 4.92 Å². The lowest BCUT2D eigenvalue weighted by atomic mass is 10.2. The number of aliphatic hydroxyl groups excluding tert-OH is 1. The molecular formula is C13H20N2O5. The zero-order valence-corrected chi connectivity index (χ0v) is 11.5. The number of rotatable bonds is 10. The molecule has 1 rings (SSSR count). The van der Waals surface area contributed by atoms with Crippen LogP contribution in [0.3, 0.4) is 0 Å². The van der Waals surface area contributed by atoms with Gasteiger partial charge in [0.15, 0.2) is 0 Å². The largest absolute Gasteiger partial charge is 0.494 e. The lowest BCUT2D eigenvalue weighted by Gasteiger charge is -2.09. The van der Waals surface area contributed by atoms with Gasteiger partial charge in [-0.25, -0.2) is 0 Å². The Morgan fingerprint density at radius 2 is 2.15 bits per heavy atom. The highest BCUT2D eigenvalue weighted by Gasteiger charge is 2.10. The SMILES string of the molecule is CCOc1cc(NCCCOCCO)cc([N+](=O)[O-])c1. The van der Waals surface area contributed by atoms with Crippen molar-refractivity contribution in [3.05, 3.63) is 28.3 Å². The Hall–Kier alpha value is -1.86. The Labute approximate surface area is 117 Å². The summed E-state index contributed by atoms with van der Waals surface area (Å²) in [5.41, 5.74) is 0.639. The van der Waals surface area contributed by atoms with E-state index in [4.69, 9.17) is 14.6 Å². The molecule has 7 nitrogen and oxygen atoms in total. The van der Waals surface area contributed by atoms with Crippen LogP contribution in [0, 0.1) is 10.1 Å². The van der Waals surface area contributed by atoms with Crippen LogP contribution in [0.1, 0.15) is 13.3 Å². The molecule has 0 fully saturated rings. The molecular weight excluding hydrogens is 264 g/mol. The number of aliphatic hydroxyl groups is 1. The minimum Gasteiger partial charge on any atom is -0.494 e. The number of hydrogen-bond donors (Lipinski definition) is 2. The van der Waals surface area contributed by atoms with Crippen LogP contribution in [0.5, 0.6) is 5.75 Å². The van der Waals surface area contributed by atoms with Crippen LogP contribution in [-0.2, 0) is 4.74 Å². The number of nitrogens with zero attached hydrogens (tertiary/aromatic N) is 1. The Bertz CT molecular complexity index is 425. The van der Waals surface area contributed by atoms with Crippen LogP contribution < -0.4 is 10.1 Å². The van der Waals surface area contributed by atoms with Crippen LogP contribution in [0.25, 0.3) is 0 Å². The third-order valence-electron chi connectivity index (χ3n) is 2.44. The van der Waals surface area contributed by atoms with E-state index in [1.807, 2.05) is 6.92 Å². The van der Waals surface area contributed by atoms with E-state index in [1.54, 1.807) is 6.07 Å². The smallest absolute Gasteiger partial charge is 0.275 e. The molecule has 1 aromatic carbocycles. The number of hydrogen-bond acceptors (Lipinski definition) is 6. The minimum absolute atomic E-state index is 0.00465. The van der Waals surface area contributed by atoms with E-state index in [0.29, 0.717) is 37.8 Å². The number of anilines is 1. The molecule has 0 heterocycles. The maximum atomic E-state index is 10.8. The van der Waals surface area contributed by atoms with Crippen LogP contribution in [-0.4, -0.2) is 43.0 Å². The van der Waals surface area contributed by atoms with Gasteiger partial charge in [-0.1, -0.05) is 0 Å². The highest BCUT2D eigenvalue weighted by molar-refractivity contribution is 5.56. The molecule has 0 unspecified atom stereocenters. The molecule has 0 aliphatic heterocycles. The summed E-state index contributed by atoms with van der Waals surface area (Å²) in [7, 11) is 0. The molecule has 0 aliphatic carbocycles. The van der Waals surface area contributed by atoms with Gasteiger partial charge in [0.1, 0.15) is 5.75 Å². The van der Waals surface area contributed by atoms with Gasteiger partial charge in [0.05, 0.1) is 30.8 Å². The summed E-state index contributed by atoms with van der Waals surface area (Å²) in [6, 6.07) is 4.60. The van der Waals surface area contributed by atoms with E-state index in [9.17, 15) is 10.1 Å². The Morgan fingerprint density at radius 1 is 1.35 bits per heavy atom. The van der Waals surface area contributed by atoms with Gasteiger partial charge >= 0.3 is 0 Å². The third-order valence-corrected chi connectivity index (χ3v) is 2.44. The van der Waals surface area contributed by atoms with Crippen molar-refractivity contribution < 1.29 is 19.5 Å². The first-order valence-electron chi connectivity index (χ1n) is 6.52. The summed E-state index contributed by atoms with van der Waals surface area (Å²) in [6.45, 7) is 3.76. The van der Waals surface area contributed by atoms with E-state index in [1.165, 1.54) is 12.1 Å². The highest BCUT2D eigenvalue weighted by Crippen LogP contribution is 2.26. The van der Waals surface area contributed by atoms with Crippen molar-refractivity contribution in [1.82, 2.24) is 0 Å². The fourth-order valence-electron chi connectivity index (χ4n) is 1.61. The molecule has 1 aromatic rings. The molecule has 0 amide bonds. The first-order chi connectivity index (χ1) is 9.67. The topological polar surface area (TPSA) is 93.9 Å². The predicted molar refractivity (Wildman–Crippen MR) is 75.3 cm³/mol. The molecule has 0 bridgehead atoms. The van der Waals surface area contributed by atoms with Gasteiger partial charge in [0, 0.05) is 31.0 Å². The van der Waals surface area contributed by atoms with Crippen LogP contribution >= 0.6 is 0 Å². The van der Waals surface area contributed by atoms with E-state index in [-0.39, 0.29) is 12.3 Å². The molecule has 0 spiro atoms. The number of nitro groups is 1. The van der Waals surface area contributed by atoms with Crippen molar-refractivity contribution in [1.29, 1.82) is 0 Å². The molecule has 112 valence electrons. The van der Waals surface area contributed by atoms with Crippen molar-refractivity contribution in [2.75, 3.05) is 38.3 Å². The first kappa shape index (κ1) is 16.2. The van der Waals surface area contributed by atoms with E-state index in [2.05, 4.69) is 5.32 Å². The van der Waals surface area contributed by atoms with Crippen molar-refractivity contribution >= 4 is 11.4 Å². The second-order valence-electron chi connectivity index (χ2n) is 4.02. The zero-order chi connectivity index (χ0) is 14.8. The standard InChI is InChI=1S/C13H20N2O5/c1-2-20-13-9-11(8-12(10-13)15(17)18)14-4-3-6-19-7-5-16/h8-10,14,16H,2-7H2,1H3. The number of ether oxygens (including phenoxy) is 2. The van der Waals surface area contributed by atoms with Crippen molar-refractivity contribution in [2.24, 2.45) is 0 Å². The highest BCUT2D eigenvalue weighted by atomic mass is 16.6. The first-order valence-corrected chi connectivity index (χ1v) is 6.52. The molecule has 7 heteroatoms. The van der Waals surface area contributed by atoms with Crippen molar-refractivity contribution in [3.8, 4) is 5.75 Å². The third kappa shape index (κ3) is 5.85. The molecule has 0 aliphatic rings. The monoisotopic (exact) mass is 284 g/mol. The predicted octanol–water partition coefficient (Wildman–Crippen LogP) is 1.80. The average molecular weight is 284 g/mol. The van der Waals surface area contributed by atoms with Gasteiger partial charge in [-0.3, -0.25) is 10.1 Å². The molecule has 20 heavy (non-hydrogen) atoms. The maximum Gasteiger partial charge on any atom is 0.275 e. The van der Waals surface area contributed by atoms with Gasteiger partial charge in [-0.15, -0.1) is 0 Å². The second-order valence-corrected chi connectivity index (χ2v) is 4.02.